The summed E-state index contributed by atoms with van der Waals surface area (Å²) in [6.07, 6.45) is 6.05. The molecule has 3 rings (SSSR count). The second-order valence-corrected chi connectivity index (χ2v) is 7.27. The number of nitrogens with zero attached hydrogens (tertiary/aromatic N) is 4. The van der Waals surface area contributed by atoms with Crippen LogP contribution in [-0.4, -0.2) is 51.9 Å². The van der Waals surface area contributed by atoms with E-state index in [2.05, 4.69) is 46.4 Å². The fourth-order valence-corrected chi connectivity index (χ4v) is 3.30. The van der Waals surface area contributed by atoms with Gasteiger partial charge in [0, 0.05) is 24.5 Å². The van der Waals surface area contributed by atoms with Crippen molar-refractivity contribution < 1.29 is 4.79 Å². The van der Waals surface area contributed by atoms with Crippen molar-refractivity contribution in [2.24, 2.45) is 5.92 Å². The monoisotopic (exact) mass is 344 g/mol. The molecule has 1 fully saturated rings. The molecule has 25 heavy (non-hydrogen) atoms. The van der Waals surface area contributed by atoms with Crippen LogP contribution in [0.3, 0.4) is 0 Å². The van der Waals surface area contributed by atoms with Gasteiger partial charge in [0.15, 0.2) is 5.65 Å². The molecule has 7 nitrogen and oxygen atoms in total. The maximum atomic E-state index is 12.1. The molecule has 2 aromatic heterocycles. The zero-order chi connectivity index (χ0) is 17.8. The lowest BCUT2D eigenvalue weighted by Crippen LogP contribution is -2.36. The standard InChI is InChI=1S/C18H28N6O/c1-13(2)24-17-15(10-21-24)8-16(11-19-17)22-18(25)20-9-14(3)12-23-6-4-5-7-23/h8,10-11,13-14H,4-7,9,12H2,1-3H3,(H2,20,22,25)/t14-/m0/s1. The Hall–Kier alpha value is -2.15. The zero-order valence-corrected chi connectivity index (χ0v) is 15.3. The molecule has 0 radical (unpaired) electrons. The number of anilines is 1. The molecule has 0 spiro atoms. The maximum Gasteiger partial charge on any atom is 0.319 e. The quantitative estimate of drug-likeness (QED) is 0.845. The van der Waals surface area contributed by atoms with E-state index in [1.54, 1.807) is 12.4 Å². The number of fused-ring (bicyclic) bond motifs is 1. The number of likely N-dealkylation sites (tertiary alicyclic amines) is 1. The fraction of sp³-hybridized carbons (Fsp3) is 0.611. The summed E-state index contributed by atoms with van der Waals surface area (Å²) < 4.78 is 1.87. The van der Waals surface area contributed by atoms with Gasteiger partial charge in [-0.1, -0.05) is 6.92 Å². The molecule has 1 aliphatic heterocycles. The van der Waals surface area contributed by atoms with Crippen molar-refractivity contribution >= 4 is 22.8 Å². The minimum atomic E-state index is -0.189. The van der Waals surface area contributed by atoms with Gasteiger partial charge in [-0.15, -0.1) is 0 Å². The number of hydrogen-bond acceptors (Lipinski definition) is 4. The smallest absolute Gasteiger partial charge is 0.319 e. The zero-order valence-electron chi connectivity index (χ0n) is 15.3. The van der Waals surface area contributed by atoms with E-state index in [-0.39, 0.29) is 12.1 Å². The second kappa shape index (κ2) is 7.82. The summed E-state index contributed by atoms with van der Waals surface area (Å²) in [7, 11) is 0. The van der Waals surface area contributed by atoms with E-state index in [9.17, 15) is 4.79 Å². The summed E-state index contributed by atoms with van der Waals surface area (Å²) in [6, 6.07) is 1.97. The van der Waals surface area contributed by atoms with E-state index in [0.717, 1.165) is 17.6 Å². The minimum absolute atomic E-state index is 0.189. The molecule has 3 heterocycles. The predicted molar refractivity (Wildman–Crippen MR) is 99.8 cm³/mol. The van der Waals surface area contributed by atoms with E-state index >= 15 is 0 Å². The Kier molecular flexibility index (Phi) is 5.53. The topological polar surface area (TPSA) is 75.1 Å². The summed E-state index contributed by atoms with van der Waals surface area (Å²) in [5.41, 5.74) is 1.51. The molecule has 0 saturated carbocycles. The lowest BCUT2D eigenvalue weighted by molar-refractivity contribution is 0.245. The van der Waals surface area contributed by atoms with Gasteiger partial charge in [-0.05, 0) is 51.8 Å². The van der Waals surface area contributed by atoms with E-state index < -0.39 is 0 Å². The molecule has 0 aromatic carbocycles. The van der Waals surface area contributed by atoms with Crippen LogP contribution in [0.5, 0.6) is 0 Å². The van der Waals surface area contributed by atoms with Crippen LogP contribution in [0, 0.1) is 5.92 Å². The average Bonchev–Trinajstić information content (AvgIpc) is 3.21. The first-order chi connectivity index (χ1) is 12.0. The highest BCUT2D eigenvalue weighted by Gasteiger charge is 2.15. The third kappa shape index (κ3) is 4.48. The number of aromatic nitrogens is 3. The van der Waals surface area contributed by atoms with Crippen LogP contribution in [0.25, 0.3) is 11.0 Å². The molecule has 1 atom stereocenters. The number of carbonyl (C=O) groups excluding carboxylic acids is 1. The van der Waals surface area contributed by atoms with E-state index in [0.29, 0.717) is 18.2 Å². The molecule has 0 unspecified atom stereocenters. The number of hydrogen-bond donors (Lipinski definition) is 2. The van der Waals surface area contributed by atoms with Crippen LogP contribution >= 0.6 is 0 Å². The van der Waals surface area contributed by atoms with E-state index in [4.69, 9.17) is 0 Å². The first-order valence-corrected chi connectivity index (χ1v) is 9.13. The van der Waals surface area contributed by atoms with Crippen molar-refractivity contribution in [1.82, 2.24) is 25.0 Å². The fourth-order valence-electron chi connectivity index (χ4n) is 3.30. The van der Waals surface area contributed by atoms with E-state index in [1.807, 2.05) is 10.7 Å². The number of nitrogens with one attached hydrogen (secondary N) is 2. The van der Waals surface area contributed by atoms with Crippen LogP contribution in [0.1, 0.15) is 39.7 Å². The summed E-state index contributed by atoms with van der Waals surface area (Å²) >= 11 is 0. The molecule has 0 bridgehead atoms. The van der Waals surface area contributed by atoms with Gasteiger partial charge in [-0.3, -0.25) is 0 Å². The van der Waals surface area contributed by atoms with Crippen molar-refractivity contribution in [3.63, 3.8) is 0 Å². The van der Waals surface area contributed by atoms with Gasteiger partial charge >= 0.3 is 6.03 Å². The van der Waals surface area contributed by atoms with Crippen molar-refractivity contribution in [3.05, 3.63) is 18.5 Å². The van der Waals surface area contributed by atoms with Crippen molar-refractivity contribution in [2.75, 3.05) is 31.5 Å². The number of urea groups is 1. The number of amides is 2. The predicted octanol–water partition coefficient (Wildman–Crippen LogP) is 2.87. The Morgan fingerprint density at radius 1 is 1.24 bits per heavy atom. The molecule has 136 valence electrons. The first kappa shape index (κ1) is 17.7. The highest BCUT2D eigenvalue weighted by molar-refractivity contribution is 5.91. The van der Waals surface area contributed by atoms with Gasteiger partial charge in [0.25, 0.3) is 0 Å². The Morgan fingerprint density at radius 3 is 2.72 bits per heavy atom. The van der Waals surface area contributed by atoms with Gasteiger partial charge in [0.1, 0.15) is 0 Å². The van der Waals surface area contributed by atoms with Crippen LogP contribution < -0.4 is 10.6 Å². The molecule has 2 N–H and O–H groups in total. The van der Waals surface area contributed by atoms with Crippen LogP contribution in [0.4, 0.5) is 10.5 Å². The molecule has 0 aliphatic carbocycles. The third-order valence-electron chi connectivity index (χ3n) is 4.56. The molecular weight excluding hydrogens is 316 g/mol. The van der Waals surface area contributed by atoms with Crippen LogP contribution in [0.2, 0.25) is 0 Å². The van der Waals surface area contributed by atoms with Crippen molar-refractivity contribution in [2.45, 2.75) is 39.7 Å². The Bertz CT molecular complexity index is 719. The highest BCUT2D eigenvalue weighted by Crippen LogP contribution is 2.19. The van der Waals surface area contributed by atoms with Crippen LogP contribution in [-0.2, 0) is 0 Å². The summed E-state index contributed by atoms with van der Waals surface area (Å²) in [5.74, 6) is 0.439. The van der Waals surface area contributed by atoms with Gasteiger partial charge in [0.05, 0.1) is 18.1 Å². The molecule has 7 heteroatoms. The lowest BCUT2D eigenvalue weighted by atomic mass is 10.1. The molecule has 2 aromatic rings. The summed E-state index contributed by atoms with van der Waals surface area (Å²) in [6.45, 7) is 10.4. The third-order valence-corrected chi connectivity index (χ3v) is 4.56. The van der Waals surface area contributed by atoms with Crippen molar-refractivity contribution in [3.8, 4) is 0 Å². The number of pyridine rings is 1. The molecule has 2 amide bonds. The van der Waals surface area contributed by atoms with Crippen molar-refractivity contribution in [1.29, 1.82) is 0 Å². The SMILES string of the molecule is CC(C)n1ncc2cc(NC(=O)NC[C@H](C)CN3CCCC3)cnc21. The Labute approximate surface area is 148 Å². The largest absolute Gasteiger partial charge is 0.338 e. The molecule has 1 saturated heterocycles. The van der Waals surface area contributed by atoms with Gasteiger partial charge in [-0.25, -0.2) is 14.5 Å². The normalized spacial score (nSPS) is 16.5. The summed E-state index contributed by atoms with van der Waals surface area (Å²) in [4.78, 5) is 19.0. The number of rotatable bonds is 6. The Balaban J connectivity index is 1.51. The number of carbonyl (C=O) groups is 1. The van der Waals surface area contributed by atoms with Crippen LogP contribution in [0.15, 0.2) is 18.5 Å². The average molecular weight is 344 g/mol. The summed E-state index contributed by atoms with van der Waals surface area (Å²) in [5, 5.41) is 11.1. The second-order valence-electron chi connectivity index (χ2n) is 7.27. The molecular formula is C18H28N6O. The first-order valence-electron chi connectivity index (χ1n) is 9.13. The Morgan fingerprint density at radius 2 is 2.00 bits per heavy atom. The van der Waals surface area contributed by atoms with Gasteiger partial charge < -0.3 is 15.5 Å². The van der Waals surface area contributed by atoms with E-state index in [1.165, 1.54) is 25.9 Å². The maximum absolute atomic E-state index is 12.1. The highest BCUT2D eigenvalue weighted by atomic mass is 16.2. The van der Waals surface area contributed by atoms with Gasteiger partial charge in [-0.2, -0.15) is 5.10 Å². The lowest BCUT2D eigenvalue weighted by Gasteiger charge is -2.20. The molecule has 1 aliphatic rings. The van der Waals surface area contributed by atoms with Gasteiger partial charge in [0.2, 0.25) is 0 Å². The minimum Gasteiger partial charge on any atom is -0.338 e.